The molecule has 3 nitrogen and oxygen atoms in total. The average molecular weight is 355 g/mol. The highest BCUT2D eigenvalue weighted by molar-refractivity contribution is 5.57. The summed E-state index contributed by atoms with van der Waals surface area (Å²) >= 11 is 0. The van der Waals surface area contributed by atoms with Gasteiger partial charge in [-0.15, -0.1) is 0 Å². The van der Waals surface area contributed by atoms with Crippen LogP contribution < -0.4 is 15.4 Å². The van der Waals surface area contributed by atoms with Crippen molar-refractivity contribution in [1.82, 2.24) is 0 Å². The van der Waals surface area contributed by atoms with Crippen molar-refractivity contribution in [2.45, 2.75) is 52.9 Å². The lowest BCUT2D eigenvalue weighted by molar-refractivity contribution is 0.305. The van der Waals surface area contributed by atoms with Crippen molar-refractivity contribution in [3.8, 4) is 5.75 Å². The van der Waals surface area contributed by atoms with Crippen molar-refractivity contribution in [2.75, 3.05) is 30.3 Å². The Labute approximate surface area is 159 Å². The van der Waals surface area contributed by atoms with Crippen molar-refractivity contribution in [3.63, 3.8) is 0 Å². The third kappa shape index (κ3) is 6.62. The number of hydrogen-bond donors (Lipinski definition) is 2. The maximum atomic E-state index is 5.79. The molecule has 26 heavy (non-hydrogen) atoms. The first kappa shape index (κ1) is 20.2. The zero-order valence-electron chi connectivity index (χ0n) is 16.6. The lowest BCUT2D eigenvalue weighted by atomic mass is 10.1. The van der Waals surface area contributed by atoms with E-state index >= 15 is 0 Å². The summed E-state index contributed by atoms with van der Waals surface area (Å²) in [7, 11) is 0. The molecule has 0 heterocycles. The van der Waals surface area contributed by atoms with E-state index in [0.29, 0.717) is 0 Å². The van der Waals surface area contributed by atoms with Crippen LogP contribution >= 0.6 is 0 Å². The van der Waals surface area contributed by atoms with Gasteiger partial charge in [0.15, 0.2) is 0 Å². The van der Waals surface area contributed by atoms with Gasteiger partial charge in [-0.3, -0.25) is 0 Å². The van der Waals surface area contributed by atoms with Gasteiger partial charge in [-0.05, 0) is 55.2 Å². The van der Waals surface area contributed by atoms with Crippen LogP contribution in [0.25, 0.3) is 0 Å². The van der Waals surface area contributed by atoms with E-state index in [9.17, 15) is 0 Å². The first-order valence-corrected chi connectivity index (χ1v) is 10.0. The summed E-state index contributed by atoms with van der Waals surface area (Å²) < 4.78 is 5.79. The Hall–Kier alpha value is -2.16. The second-order valence-corrected chi connectivity index (χ2v) is 6.75. The SMILES string of the molecule is CCCCCCOc1ccc(NCCNc2c(C)cccc2CC)cc1. The number of rotatable bonds is 12. The second kappa shape index (κ2) is 11.5. The second-order valence-electron chi connectivity index (χ2n) is 6.75. The van der Waals surface area contributed by atoms with Gasteiger partial charge in [0.2, 0.25) is 0 Å². The fourth-order valence-corrected chi connectivity index (χ4v) is 3.06. The van der Waals surface area contributed by atoms with Crippen molar-refractivity contribution in [2.24, 2.45) is 0 Å². The monoisotopic (exact) mass is 354 g/mol. The fraction of sp³-hybridized carbons (Fsp3) is 0.478. The van der Waals surface area contributed by atoms with Gasteiger partial charge < -0.3 is 15.4 Å². The lowest BCUT2D eigenvalue weighted by Crippen LogP contribution is -2.15. The molecule has 0 aliphatic heterocycles. The maximum Gasteiger partial charge on any atom is 0.119 e. The molecule has 0 saturated heterocycles. The molecule has 0 radical (unpaired) electrons. The quantitative estimate of drug-likeness (QED) is 0.456. The number of para-hydroxylation sites is 1. The van der Waals surface area contributed by atoms with Gasteiger partial charge in [0, 0.05) is 24.5 Å². The molecule has 2 aromatic carbocycles. The van der Waals surface area contributed by atoms with Gasteiger partial charge in [0.1, 0.15) is 5.75 Å². The summed E-state index contributed by atoms with van der Waals surface area (Å²) in [5, 5.41) is 7.04. The van der Waals surface area contributed by atoms with Crippen molar-refractivity contribution < 1.29 is 4.74 Å². The van der Waals surface area contributed by atoms with Crippen LogP contribution in [-0.4, -0.2) is 19.7 Å². The van der Waals surface area contributed by atoms with Gasteiger partial charge in [0.05, 0.1) is 6.61 Å². The third-order valence-corrected chi connectivity index (χ3v) is 4.62. The summed E-state index contributed by atoms with van der Waals surface area (Å²) in [5.41, 5.74) is 5.10. The smallest absolute Gasteiger partial charge is 0.119 e. The average Bonchev–Trinajstić information content (AvgIpc) is 2.67. The Kier molecular flexibility index (Phi) is 8.88. The molecule has 0 aromatic heterocycles. The van der Waals surface area contributed by atoms with Crippen LogP contribution in [-0.2, 0) is 6.42 Å². The Morgan fingerprint density at radius 3 is 2.35 bits per heavy atom. The van der Waals surface area contributed by atoms with E-state index in [1.54, 1.807) is 0 Å². The third-order valence-electron chi connectivity index (χ3n) is 4.62. The van der Waals surface area contributed by atoms with Crippen molar-refractivity contribution >= 4 is 11.4 Å². The first-order chi connectivity index (χ1) is 12.7. The zero-order chi connectivity index (χ0) is 18.6. The van der Waals surface area contributed by atoms with E-state index in [0.717, 1.165) is 44.0 Å². The lowest BCUT2D eigenvalue weighted by Gasteiger charge is -2.15. The van der Waals surface area contributed by atoms with E-state index in [1.807, 2.05) is 12.1 Å². The van der Waals surface area contributed by atoms with Crippen molar-refractivity contribution in [1.29, 1.82) is 0 Å². The molecule has 0 amide bonds. The van der Waals surface area contributed by atoms with E-state index < -0.39 is 0 Å². The summed E-state index contributed by atoms with van der Waals surface area (Å²) in [6.45, 7) is 9.18. The molecule has 0 aliphatic rings. The highest BCUT2D eigenvalue weighted by Gasteiger charge is 2.03. The molecule has 0 bridgehead atoms. The summed E-state index contributed by atoms with van der Waals surface area (Å²) in [4.78, 5) is 0. The number of anilines is 2. The normalized spacial score (nSPS) is 10.6. The van der Waals surface area contributed by atoms with Crippen molar-refractivity contribution in [3.05, 3.63) is 53.6 Å². The number of hydrogen-bond acceptors (Lipinski definition) is 3. The molecule has 3 heteroatoms. The van der Waals surface area contributed by atoms with Crippen LogP contribution in [0.5, 0.6) is 5.75 Å². The summed E-state index contributed by atoms with van der Waals surface area (Å²) in [6, 6.07) is 14.8. The van der Waals surface area contributed by atoms with E-state index in [1.165, 1.54) is 36.1 Å². The minimum atomic E-state index is 0.812. The predicted molar refractivity (Wildman–Crippen MR) is 114 cm³/mol. The highest BCUT2D eigenvalue weighted by atomic mass is 16.5. The molecule has 142 valence electrons. The van der Waals surface area contributed by atoms with Gasteiger partial charge in [-0.25, -0.2) is 0 Å². The van der Waals surface area contributed by atoms with Gasteiger partial charge in [0.25, 0.3) is 0 Å². The molecule has 0 fully saturated rings. The Morgan fingerprint density at radius 1 is 0.846 bits per heavy atom. The van der Waals surface area contributed by atoms with Crippen LogP contribution in [0.2, 0.25) is 0 Å². The molecule has 2 rings (SSSR count). The molecule has 2 aromatic rings. The van der Waals surface area contributed by atoms with Gasteiger partial charge >= 0.3 is 0 Å². The predicted octanol–water partition coefficient (Wildman–Crippen LogP) is 6.04. The number of nitrogens with one attached hydrogen (secondary N) is 2. The van der Waals surface area contributed by atoms with Crippen LogP contribution in [0.3, 0.4) is 0 Å². The molecule has 0 unspecified atom stereocenters. The zero-order valence-corrected chi connectivity index (χ0v) is 16.6. The molecule has 0 atom stereocenters. The molecular weight excluding hydrogens is 320 g/mol. The number of benzene rings is 2. The molecular formula is C23H34N2O. The summed E-state index contributed by atoms with van der Waals surface area (Å²) in [6.07, 6.45) is 6.00. The number of ether oxygens (including phenoxy) is 1. The minimum absolute atomic E-state index is 0.812. The largest absolute Gasteiger partial charge is 0.494 e. The van der Waals surface area contributed by atoms with Gasteiger partial charge in [-0.1, -0.05) is 51.3 Å². The molecule has 0 spiro atoms. The Bertz CT molecular complexity index is 637. The summed E-state index contributed by atoms with van der Waals surface area (Å²) in [5.74, 6) is 0.956. The highest BCUT2D eigenvalue weighted by Crippen LogP contribution is 2.21. The van der Waals surface area contributed by atoms with E-state index in [4.69, 9.17) is 4.74 Å². The molecule has 0 aliphatic carbocycles. The van der Waals surface area contributed by atoms with Crippen LogP contribution in [0.1, 0.15) is 50.7 Å². The Balaban J connectivity index is 1.70. The first-order valence-electron chi connectivity index (χ1n) is 10.0. The van der Waals surface area contributed by atoms with E-state index in [-0.39, 0.29) is 0 Å². The number of aryl methyl sites for hydroxylation is 2. The maximum absolute atomic E-state index is 5.79. The van der Waals surface area contributed by atoms with Crippen LogP contribution in [0.4, 0.5) is 11.4 Å². The molecule has 0 saturated carbocycles. The molecule has 2 N–H and O–H groups in total. The Morgan fingerprint density at radius 2 is 1.62 bits per heavy atom. The van der Waals surface area contributed by atoms with Gasteiger partial charge in [-0.2, -0.15) is 0 Å². The standard InChI is InChI=1S/C23H34N2O/c1-4-6-7-8-18-26-22-14-12-21(13-15-22)24-16-17-25-23-19(3)10-9-11-20(23)5-2/h9-15,24-25H,4-8,16-18H2,1-3H3. The van der Waals surface area contributed by atoms with Crippen LogP contribution in [0, 0.1) is 6.92 Å². The topological polar surface area (TPSA) is 33.3 Å². The van der Waals surface area contributed by atoms with E-state index in [2.05, 4.69) is 61.7 Å². The number of unbranched alkanes of at least 4 members (excludes halogenated alkanes) is 3. The van der Waals surface area contributed by atoms with Crippen LogP contribution in [0.15, 0.2) is 42.5 Å². The minimum Gasteiger partial charge on any atom is -0.494 e. The fourth-order valence-electron chi connectivity index (χ4n) is 3.06.